The second-order valence-corrected chi connectivity index (χ2v) is 13.7. The molecule has 0 amide bonds. The van der Waals surface area contributed by atoms with E-state index in [0.717, 1.165) is 70.6 Å². The summed E-state index contributed by atoms with van der Waals surface area (Å²) in [6, 6.07) is 0. The maximum atomic E-state index is 12.7. The predicted octanol–water partition coefficient (Wildman–Crippen LogP) is 8.55. The Morgan fingerprint density at radius 2 is 0.982 bits per heavy atom. The fourth-order valence-electron chi connectivity index (χ4n) is 5.39. The van der Waals surface area contributed by atoms with Crippen molar-refractivity contribution in [2.75, 3.05) is 19.8 Å². The molecule has 57 heavy (non-hydrogen) atoms. The van der Waals surface area contributed by atoms with Gasteiger partial charge in [-0.1, -0.05) is 123 Å². The van der Waals surface area contributed by atoms with Gasteiger partial charge in [-0.25, -0.2) is 0 Å². The van der Waals surface area contributed by atoms with Gasteiger partial charge in [0.25, 0.3) is 0 Å². The number of carbonyl (C=O) groups excluding carboxylic acids is 2. The second-order valence-electron chi connectivity index (χ2n) is 13.7. The number of allylic oxidation sites excluding steroid dienone is 18. The van der Waals surface area contributed by atoms with E-state index in [-0.39, 0.29) is 26.1 Å². The number of esters is 2. The molecule has 0 aromatic carbocycles. The third kappa shape index (κ3) is 28.4. The van der Waals surface area contributed by atoms with Crippen molar-refractivity contribution >= 4 is 11.9 Å². The average Bonchev–Trinajstić information content (AvgIpc) is 3.21. The van der Waals surface area contributed by atoms with Crippen LogP contribution in [0.1, 0.15) is 117 Å². The van der Waals surface area contributed by atoms with E-state index in [4.69, 9.17) is 18.9 Å². The Morgan fingerprint density at radius 3 is 1.46 bits per heavy atom. The Labute approximate surface area is 342 Å². The molecule has 0 aromatic rings. The number of unbranched alkanes of at least 4 members (excludes halogenated alkanes) is 3. The summed E-state index contributed by atoms with van der Waals surface area (Å²) in [6.07, 6.45) is 42.5. The first-order valence-corrected chi connectivity index (χ1v) is 21.0. The summed E-state index contributed by atoms with van der Waals surface area (Å²) in [6.45, 7) is 3.06. The summed E-state index contributed by atoms with van der Waals surface area (Å²) >= 11 is 0. The van der Waals surface area contributed by atoms with Gasteiger partial charge in [0.2, 0.25) is 0 Å². The van der Waals surface area contributed by atoms with Crippen LogP contribution in [0, 0.1) is 0 Å². The van der Waals surface area contributed by atoms with Crippen molar-refractivity contribution in [3.8, 4) is 0 Å². The fourth-order valence-corrected chi connectivity index (χ4v) is 5.39. The van der Waals surface area contributed by atoms with E-state index < -0.39 is 55.4 Å². The lowest BCUT2D eigenvalue weighted by Crippen LogP contribution is -2.59. The Balaban J connectivity index is 2.45. The monoisotopic (exact) mass is 797 g/mol. The highest BCUT2D eigenvalue weighted by Crippen LogP contribution is 2.22. The normalized spacial score (nSPS) is 21.4. The average molecular weight is 797 g/mol. The number of hydrogen-bond donors (Lipinski definition) is 4. The number of aliphatic hydroxyl groups excluding tert-OH is 4. The molecule has 0 radical (unpaired) electrons. The van der Waals surface area contributed by atoms with Crippen LogP contribution < -0.4 is 0 Å². The molecule has 10 heteroatoms. The van der Waals surface area contributed by atoms with Gasteiger partial charge >= 0.3 is 11.9 Å². The molecule has 1 heterocycles. The first kappa shape index (κ1) is 51.4. The molecule has 10 nitrogen and oxygen atoms in total. The van der Waals surface area contributed by atoms with Gasteiger partial charge in [0.1, 0.15) is 31.0 Å². The smallest absolute Gasteiger partial charge is 0.306 e. The zero-order valence-corrected chi connectivity index (χ0v) is 34.5. The van der Waals surface area contributed by atoms with Crippen molar-refractivity contribution in [3.05, 3.63) is 109 Å². The summed E-state index contributed by atoms with van der Waals surface area (Å²) in [4.78, 5) is 25.2. The van der Waals surface area contributed by atoms with Gasteiger partial charge in [0.15, 0.2) is 12.4 Å². The molecule has 1 saturated heterocycles. The summed E-state index contributed by atoms with van der Waals surface area (Å²) < 4.78 is 22.0. The van der Waals surface area contributed by atoms with Gasteiger partial charge in [0.05, 0.1) is 13.2 Å². The predicted molar refractivity (Wildman–Crippen MR) is 228 cm³/mol. The van der Waals surface area contributed by atoms with Crippen LogP contribution in [0.5, 0.6) is 0 Å². The summed E-state index contributed by atoms with van der Waals surface area (Å²) in [5.41, 5.74) is 0. The maximum Gasteiger partial charge on any atom is 0.306 e. The Morgan fingerprint density at radius 1 is 0.544 bits per heavy atom. The highest BCUT2D eigenvalue weighted by atomic mass is 16.7. The van der Waals surface area contributed by atoms with Gasteiger partial charge in [0, 0.05) is 12.8 Å². The Bertz CT molecular complexity index is 1290. The lowest BCUT2D eigenvalue weighted by Gasteiger charge is -2.39. The fraction of sp³-hybridized carbons (Fsp3) is 0.574. The minimum atomic E-state index is -1.62. The van der Waals surface area contributed by atoms with Crippen molar-refractivity contribution in [2.24, 2.45) is 0 Å². The van der Waals surface area contributed by atoms with Crippen molar-refractivity contribution in [2.45, 2.75) is 153 Å². The summed E-state index contributed by atoms with van der Waals surface area (Å²) in [7, 11) is 0. The summed E-state index contributed by atoms with van der Waals surface area (Å²) in [5, 5.41) is 40.0. The van der Waals surface area contributed by atoms with E-state index >= 15 is 0 Å². The molecule has 0 saturated carbocycles. The SMILES string of the molecule is CC/C=C\C/C=C\C/C=C\C/C=C\C/C=C\CCCC(=O)OC[C@H](CO[C@@H]1OC(CO)[C@H](O)[C@@H](O)[C@H]1O)OC(=O)CCCC/C=C\C/C=C\C/C=C\C/C=C\CC. The molecule has 1 rings (SSSR count). The zero-order valence-electron chi connectivity index (χ0n) is 34.5. The molecule has 6 atom stereocenters. The van der Waals surface area contributed by atoms with Crippen LogP contribution >= 0.6 is 0 Å². The van der Waals surface area contributed by atoms with Crippen molar-refractivity contribution < 1.29 is 49.0 Å². The number of rotatable bonds is 32. The van der Waals surface area contributed by atoms with Crippen LogP contribution in [0.2, 0.25) is 0 Å². The molecule has 1 aliphatic heterocycles. The van der Waals surface area contributed by atoms with Gasteiger partial charge in [-0.3, -0.25) is 9.59 Å². The molecule has 0 aliphatic carbocycles. The van der Waals surface area contributed by atoms with Crippen LogP contribution in [-0.4, -0.2) is 89.0 Å². The molecule has 0 spiro atoms. The molecule has 0 aromatic heterocycles. The molecule has 1 aliphatic rings. The molecule has 0 bridgehead atoms. The highest BCUT2D eigenvalue weighted by molar-refractivity contribution is 5.70. The third-order valence-corrected chi connectivity index (χ3v) is 8.65. The maximum absolute atomic E-state index is 12.7. The lowest BCUT2D eigenvalue weighted by molar-refractivity contribution is -0.305. The standard InChI is InChI=1S/C47H72O10/c1-3-5-7-9-11-13-15-17-19-20-22-23-25-27-29-31-33-35-42(49)54-38-40(39-55-47-46(53)45(52)44(51)41(37-48)57-47)56-43(50)36-34-32-30-28-26-24-21-18-16-14-12-10-8-6-4-2/h5-8,11-14,17-19,21-23,26-29,40-41,44-48,51-53H,3-4,9-10,15-16,20,24-25,30-39H2,1-2H3/b7-5-,8-6-,13-11-,14-12-,19-17-,21-18-,23-22-,28-26-,29-27-/t40-,41?,44+,45-,46-,47-/m1/s1. The number of carbonyl (C=O) groups is 2. The van der Waals surface area contributed by atoms with E-state index in [1.54, 1.807) is 0 Å². The Kier molecular flexibility index (Phi) is 33.1. The quantitative estimate of drug-likeness (QED) is 0.0296. The molecule has 1 fully saturated rings. The van der Waals surface area contributed by atoms with Crippen LogP contribution in [0.25, 0.3) is 0 Å². The molecule has 4 N–H and O–H groups in total. The van der Waals surface area contributed by atoms with E-state index in [1.165, 1.54) is 0 Å². The van der Waals surface area contributed by atoms with Crippen LogP contribution in [0.4, 0.5) is 0 Å². The minimum Gasteiger partial charge on any atom is -0.462 e. The second kappa shape index (κ2) is 36.7. The van der Waals surface area contributed by atoms with Gasteiger partial charge in [-0.05, 0) is 89.9 Å². The van der Waals surface area contributed by atoms with Crippen molar-refractivity contribution in [1.82, 2.24) is 0 Å². The Hall–Kier alpha value is -3.64. The van der Waals surface area contributed by atoms with E-state index in [1.807, 2.05) is 6.08 Å². The first-order valence-electron chi connectivity index (χ1n) is 21.0. The van der Waals surface area contributed by atoms with Gasteiger partial charge in [-0.2, -0.15) is 0 Å². The van der Waals surface area contributed by atoms with E-state index in [0.29, 0.717) is 19.3 Å². The van der Waals surface area contributed by atoms with E-state index in [2.05, 4.69) is 117 Å². The topological polar surface area (TPSA) is 152 Å². The van der Waals surface area contributed by atoms with Gasteiger partial charge < -0.3 is 39.4 Å². The largest absolute Gasteiger partial charge is 0.462 e. The van der Waals surface area contributed by atoms with Crippen molar-refractivity contribution in [3.63, 3.8) is 0 Å². The van der Waals surface area contributed by atoms with Crippen LogP contribution in [0.15, 0.2) is 109 Å². The number of ether oxygens (including phenoxy) is 4. The molecular formula is C47H72O10. The zero-order chi connectivity index (χ0) is 41.6. The molecule has 1 unspecified atom stereocenters. The highest BCUT2D eigenvalue weighted by Gasteiger charge is 2.44. The minimum absolute atomic E-state index is 0.158. The summed E-state index contributed by atoms with van der Waals surface area (Å²) in [5.74, 6) is -0.939. The molecular weight excluding hydrogens is 725 g/mol. The van der Waals surface area contributed by atoms with Gasteiger partial charge in [-0.15, -0.1) is 0 Å². The molecule has 320 valence electrons. The first-order chi connectivity index (χ1) is 27.8. The number of hydrogen-bond acceptors (Lipinski definition) is 10. The lowest BCUT2D eigenvalue weighted by atomic mass is 9.99. The van der Waals surface area contributed by atoms with Crippen LogP contribution in [-0.2, 0) is 28.5 Å². The van der Waals surface area contributed by atoms with Crippen molar-refractivity contribution in [1.29, 1.82) is 0 Å². The van der Waals surface area contributed by atoms with E-state index in [9.17, 15) is 30.0 Å². The van der Waals surface area contributed by atoms with Crippen LogP contribution in [0.3, 0.4) is 0 Å². The number of aliphatic hydroxyl groups is 4. The third-order valence-electron chi connectivity index (χ3n) is 8.65.